The number of nitrogens with one attached hydrogen (secondary N) is 1. The van der Waals surface area contributed by atoms with E-state index < -0.39 is 5.82 Å². The number of rotatable bonds is 3. The maximum absolute atomic E-state index is 13.8. The summed E-state index contributed by atoms with van der Waals surface area (Å²) in [6.45, 7) is 2.68. The van der Waals surface area contributed by atoms with E-state index in [1.54, 1.807) is 19.2 Å². The van der Waals surface area contributed by atoms with Crippen LogP contribution < -0.4 is 10.2 Å². The average molecular weight is 278 g/mol. The standard InChI is InChI=1S/C15H19FN2O2/c1-10(19)14-12(16)4-3-5-13(14)18-8-6-11(7-9-18)15(20)17-2/h3-5,11H,6-9H2,1-2H3,(H,17,20). The topological polar surface area (TPSA) is 49.4 Å². The zero-order valence-electron chi connectivity index (χ0n) is 11.8. The van der Waals surface area contributed by atoms with E-state index >= 15 is 0 Å². The Labute approximate surface area is 118 Å². The van der Waals surface area contributed by atoms with Gasteiger partial charge in [-0.2, -0.15) is 0 Å². The summed E-state index contributed by atoms with van der Waals surface area (Å²) < 4.78 is 13.8. The minimum absolute atomic E-state index is 0.00517. The van der Waals surface area contributed by atoms with Gasteiger partial charge in [-0.3, -0.25) is 9.59 Å². The van der Waals surface area contributed by atoms with E-state index in [1.807, 2.05) is 4.90 Å². The van der Waals surface area contributed by atoms with Gasteiger partial charge in [0.15, 0.2) is 5.78 Å². The van der Waals surface area contributed by atoms with E-state index in [1.165, 1.54) is 13.0 Å². The molecule has 0 bridgehead atoms. The molecule has 4 nitrogen and oxygen atoms in total. The van der Waals surface area contributed by atoms with Crippen molar-refractivity contribution >= 4 is 17.4 Å². The summed E-state index contributed by atoms with van der Waals surface area (Å²) >= 11 is 0. The van der Waals surface area contributed by atoms with Crippen molar-refractivity contribution < 1.29 is 14.0 Å². The molecule has 20 heavy (non-hydrogen) atoms. The van der Waals surface area contributed by atoms with E-state index in [9.17, 15) is 14.0 Å². The zero-order valence-corrected chi connectivity index (χ0v) is 11.8. The Bertz CT molecular complexity index is 523. The van der Waals surface area contributed by atoms with Crippen LogP contribution in [0.5, 0.6) is 0 Å². The molecule has 1 heterocycles. The van der Waals surface area contributed by atoms with Gasteiger partial charge in [-0.05, 0) is 31.9 Å². The number of ketones is 1. The first-order valence-corrected chi connectivity index (χ1v) is 6.80. The van der Waals surface area contributed by atoms with Gasteiger partial charge in [0, 0.05) is 26.1 Å². The number of piperidine rings is 1. The number of hydrogen-bond donors (Lipinski definition) is 1. The molecule has 0 radical (unpaired) electrons. The summed E-state index contributed by atoms with van der Waals surface area (Å²) in [7, 11) is 1.63. The van der Waals surface area contributed by atoms with Gasteiger partial charge in [0.1, 0.15) is 5.82 Å². The third-order valence-corrected chi connectivity index (χ3v) is 3.80. The number of hydrogen-bond acceptors (Lipinski definition) is 3. The first-order valence-electron chi connectivity index (χ1n) is 6.80. The van der Waals surface area contributed by atoms with Crippen molar-refractivity contribution in [2.75, 3.05) is 25.0 Å². The van der Waals surface area contributed by atoms with Crippen LogP contribution in [0.15, 0.2) is 18.2 Å². The van der Waals surface area contributed by atoms with Crippen LogP contribution in [0.1, 0.15) is 30.1 Å². The number of benzene rings is 1. The largest absolute Gasteiger partial charge is 0.371 e. The molecule has 0 atom stereocenters. The number of carbonyl (C=O) groups excluding carboxylic acids is 2. The zero-order chi connectivity index (χ0) is 14.7. The normalized spacial score (nSPS) is 16.1. The molecule has 0 aromatic heterocycles. The quantitative estimate of drug-likeness (QED) is 0.860. The predicted octanol–water partition coefficient (Wildman–Crippen LogP) is 1.99. The predicted molar refractivity (Wildman–Crippen MR) is 75.4 cm³/mol. The number of halogens is 1. The van der Waals surface area contributed by atoms with Crippen molar-refractivity contribution in [1.29, 1.82) is 0 Å². The number of carbonyl (C=O) groups is 2. The monoisotopic (exact) mass is 278 g/mol. The van der Waals surface area contributed by atoms with E-state index in [-0.39, 0.29) is 23.2 Å². The Morgan fingerprint density at radius 2 is 1.95 bits per heavy atom. The first-order chi connectivity index (χ1) is 9.54. The smallest absolute Gasteiger partial charge is 0.222 e. The van der Waals surface area contributed by atoms with Gasteiger partial charge in [-0.25, -0.2) is 4.39 Å². The van der Waals surface area contributed by atoms with Crippen molar-refractivity contribution in [3.63, 3.8) is 0 Å². The molecule has 1 aliphatic heterocycles. The first kappa shape index (κ1) is 14.5. The van der Waals surface area contributed by atoms with Crippen LogP contribution in [0.4, 0.5) is 10.1 Å². The Kier molecular flexibility index (Phi) is 4.37. The molecule has 0 spiro atoms. The fourth-order valence-electron chi connectivity index (χ4n) is 2.71. The van der Waals surface area contributed by atoms with Crippen molar-refractivity contribution in [3.05, 3.63) is 29.6 Å². The van der Waals surface area contributed by atoms with Crippen LogP contribution in [0.2, 0.25) is 0 Å². The molecular formula is C15H19FN2O2. The van der Waals surface area contributed by atoms with Crippen LogP contribution in [0.3, 0.4) is 0 Å². The lowest BCUT2D eigenvalue weighted by atomic mass is 9.94. The number of Topliss-reactive ketones (excluding diaryl/α,β-unsaturated/α-hetero) is 1. The third-order valence-electron chi connectivity index (χ3n) is 3.80. The van der Waals surface area contributed by atoms with Gasteiger partial charge in [0.25, 0.3) is 0 Å². The molecule has 2 rings (SSSR count). The van der Waals surface area contributed by atoms with E-state index in [4.69, 9.17) is 0 Å². The van der Waals surface area contributed by atoms with Gasteiger partial charge in [0.05, 0.1) is 11.3 Å². The molecule has 1 aromatic rings. The minimum Gasteiger partial charge on any atom is -0.371 e. The molecule has 1 aromatic carbocycles. The second kappa shape index (κ2) is 6.03. The maximum atomic E-state index is 13.8. The van der Waals surface area contributed by atoms with Crippen LogP contribution in [-0.2, 0) is 4.79 Å². The number of anilines is 1. The van der Waals surface area contributed by atoms with Crippen molar-refractivity contribution in [3.8, 4) is 0 Å². The fraction of sp³-hybridized carbons (Fsp3) is 0.467. The number of amides is 1. The second-order valence-corrected chi connectivity index (χ2v) is 5.07. The Morgan fingerprint density at radius 1 is 1.30 bits per heavy atom. The van der Waals surface area contributed by atoms with E-state index in [0.717, 1.165) is 0 Å². The van der Waals surface area contributed by atoms with Crippen molar-refractivity contribution in [2.45, 2.75) is 19.8 Å². The molecule has 1 aliphatic rings. The summed E-state index contributed by atoms with van der Waals surface area (Å²) in [4.78, 5) is 25.2. The summed E-state index contributed by atoms with van der Waals surface area (Å²) in [5.41, 5.74) is 0.777. The van der Waals surface area contributed by atoms with Crippen molar-refractivity contribution in [2.24, 2.45) is 5.92 Å². The molecule has 0 saturated carbocycles. The van der Waals surface area contributed by atoms with Crippen LogP contribution >= 0.6 is 0 Å². The highest BCUT2D eigenvalue weighted by molar-refractivity contribution is 6.00. The van der Waals surface area contributed by atoms with Crippen LogP contribution in [0, 0.1) is 11.7 Å². The summed E-state index contributed by atoms with van der Waals surface area (Å²) in [5, 5.41) is 2.66. The summed E-state index contributed by atoms with van der Waals surface area (Å²) in [5.74, 6) is -0.698. The summed E-state index contributed by atoms with van der Waals surface area (Å²) in [6.07, 6.45) is 1.43. The molecule has 0 aliphatic carbocycles. The molecule has 1 fully saturated rings. The summed E-state index contributed by atoms with van der Waals surface area (Å²) in [6, 6.07) is 4.68. The molecule has 1 N–H and O–H groups in total. The Hall–Kier alpha value is -1.91. The van der Waals surface area contributed by atoms with Crippen molar-refractivity contribution in [1.82, 2.24) is 5.32 Å². The number of nitrogens with zero attached hydrogens (tertiary/aromatic N) is 1. The van der Waals surface area contributed by atoms with Gasteiger partial charge >= 0.3 is 0 Å². The minimum atomic E-state index is -0.483. The molecule has 1 saturated heterocycles. The van der Waals surface area contributed by atoms with Gasteiger partial charge in [0.2, 0.25) is 5.91 Å². The van der Waals surface area contributed by atoms with Gasteiger partial charge in [-0.15, -0.1) is 0 Å². The maximum Gasteiger partial charge on any atom is 0.222 e. The molecular weight excluding hydrogens is 259 g/mol. The van der Waals surface area contributed by atoms with Gasteiger partial charge in [-0.1, -0.05) is 6.07 Å². The average Bonchev–Trinajstić information content (AvgIpc) is 2.46. The van der Waals surface area contributed by atoms with E-state index in [0.29, 0.717) is 31.6 Å². The van der Waals surface area contributed by atoms with Crippen LogP contribution in [-0.4, -0.2) is 31.8 Å². The third kappa shape index (κ3) is 2.81. The SMILES string of the molecule is CNC(=O)C1CCN(c2cccc(F)c2C(C)=O)CC1. The lowest BCUT2D eigenvalue weighted by molar-refractivity contribution is -0.125. The Balaban J connectivity index is 2.17. The molecule has 108 valence electrons. The fourth-order valence-corrected chi connectivity index (χ4v) is 2.71. The molecule has 0 unspecified atom stereocenters. The Morgan fingerprint density at radius 3 is 2.50 bits per heavy atom. The van der Waals surface area contributed by atoms with Crippen LogP contribution in [0.25, 0.3) is 0 Å². The van der Waals surface area contributed by atoms with Gasteiger partial charge < -0.3 is 10.2 Å². The lowest BCUT2D eigenvalue weighted by Gasteiger charge is -2.33. The lowest BCUT2D eigenvalue weighted by Crippen LogP contribution is -2.40. The second-order valence-electron chi connectivity index (χ2n) is 5.07. The highest BCUT2D eigenvalue weighted by Crippen LogP contribution is 2.28. The molecule has 1 amide bonds. The molecule has 5 heteroatoms. The highest BCUT2D eigenvalue weighted by Gasteiger charge is 2.26. The van der Waals surface area contributed by atoms with E-state index in [2.05, 4.69) is 5.32 Å². The highest BCUT2D eigenvalue weighted by atomic mass is 19.1.